The molecular weight excluding hydrogens is 502 g/mol. The molecule has 1 saturated heterocycles. The van der Waals surface area contributed by atoms with Gasteiger partial charge in [-0.3, -0.25) is 4.79 Å². The van der Waals surface area contributed by atoms with Crippen molar-refractivity contribution in [2.45, 2.75) is 37.4 Å². The first kappa shape index (κ1) is 25.6. The maximum atomic E-state index is 13.0. The summed E-state index contributed by atoms with van der Waals surface area (Å²) >= 11 is 7.64. The predicted octanol–water partition coefficient (Wildman–Crippen LogP) is 7.69. The van der Waals surface area contributed by atoms with Gasteiger partial charge in [-0.2, -0.15) is 0 Å². The molecule has 34 heavy (non-hydrogen) atoms. The lowest BCUT2D eigenvalue weighted by atomic mass is 9.97. The summed E-state index contributed by atoms with van der Waals surface area (Å²) in [5.74, 6) is 0.262. The topological polar surface area (TPSA) is 45.2 Å². The monoisotopic (exact) mass is 531 g/mol. The highest BCUT2D eigenvalue weighted by atomic mass is 35.5. The van der Waals surface area contributed by atoms with Crippen molar-refractivity contribution in [2.75, 3.05) is 31.2 Å². The Kier molecular flexibility index (Phi) is 8.64. The van der Waals surface area contributed by atoms with Crippen LogP contribution in [0.4, 0.5) is 5.69 Å². The van der Waals surface area contributed by atoms with E-state index in [-0.39, 0.29) is 10.7 Å². The second-order valence-corrected chi connectivity index (χ2v) is 13.6. The largest absolute Gasteiger partial charge is 0.320 e. The maximum Gasteiger partial charge on any atom is 0.275 e. The second kappa shape index (κ2) is 11.5. The molecule has 0 bridgehead atoms. The lowest BCUT2D eigenvalue weighted by molar-refractivity contribution is 0.102. The number of nitrogens with one attached hydrogen (secondary N) is 1. The highest BCUT2D eigenvalue weighted by Crippen LogP contribution is 2.36. The Labute approximate surface area is 219 Å². The maximum absolute atomic E-state index is 13.0. The van der Waals surface area contributed by atoms with E-state index in [1.807, 2.05) is 75.5 Å². The molecule has 1 aliphatic rings. The fraction of sp³-hybridized carbons (Fsp3) is 0.385. The number of hydrogen-bond donors (Lipinski definition) is 1. The van der Waals surface area contributed by atoms with Gasteiger partial charge in [0, 0.05) is 38.9 Å². The summed E-state index contributed by atoms with van der Waals surface area (Å²) in [7, 11) is 3.79. The van der Waals surface area contributed by atoms with Gasteiger partial charge in [0.2, 0.25) is 0 Å². The number of thiazole rings is 1. The quantitative estimate of drug-likeness (QED) is 0.302. The van der Waals surface area contributed by atoms with Gasteiger partial charge in [0.15, 0.2) is 0 Å². The van der Waals surface area contributed by atoms with E-state index in [2.05, 4.69) is 30.3 Å². The van der Waals surface area contributed by atoms with Gasteiger partial charge >= 0.3 is 0 Å². The molecule has 1 fully saturated rings. The van der Waals surface area contributed by atoms with Crippen LogP contribution in [0.25, 0.3) is 11.1 Å². The number of para-hydroxylation sites is 1. The number of aromatic nitrogens is 1. The van der Waals surface area contributed by atoms with E-state index in [9.17, 15) is 4.79 Å². The van der Waals surface area contributed by atoms with Crippen molar-refractivity contribution in [3.8, 4) is 11.1 Å². The number of halogens is 1. The highest BCUT2D eigenvalue weighted by Gasteiger charge is 2.28. The predicted molar refractivity (Wildman–Crippen MR) is 151 cm³/mol. The van der Waals surface area contributed by atoms with Gasteiger partial charge in [-0.15, -0.1) is 11.3 Å². The van der Waals surface area contributed by atoms with Gasteiger partial charge in [0.25, 0.3) is 5.91 Å². The third-order valence-corrected chi connectivity index (χ3v) is 9.79. The van der Waals surface area contributed by atoms with Crippen LogP contribution >= 0.6 is 44.5 Å². The number of benzene rings is 2. The van der Waals surface area contributed by atoms with Crippen molar-refractivity contribution in [1.29, 1.82) is 0 Å². The molecule has 3 aromatic rings. The van der Waals surface area contributed by atoms with Crippen molar-refractivity contribution in [3.05, 3.63) is 69.6 Å². The fourth-order valence-electron chi connectivity index (χ4n) is 4.37. The van der Waals surface area contributed by atoms with E-state index >= 15 is 0 Å². The van der Waals surface area contributed by atoms with Crippen LogP contribution in [0.5, 0.6) is 0 Å². The first-order valence-electron chi connectivity index (χ1n) is 11.4. The molecule has 2 aromatic carbocycles. The average Bonchev–Trinajstić information content (AvgIpc) is 3.31. The van der Waals surface area contributed by atoms with Crippen LogP contribution in [0, 0.1) is 0 Å². The molecule has 0 atom stereocenters. The molecule has 0 saturated carbocycles. The summed E-state index contributed by atoms with van der Waals surface area (Å²) in [4.78, 5) is 20.3. The summed E-state index contributed by atoms with van der Waals surface area (Å²) < 4.78 is 0.251. The Morgan fingerprint density at radius 1 is 1.18 bits per heavy atom. The molecule has 0 unspecified atom stereocenters. The number of carbonyl (C=O) groups is 1. The Balaban J connectivity index is 1.38. The van der Waals surface area contributed by atoms with Crippen LogP contribution in [0.15, 0.2) is 53.9 Å². The van der Waals surface area contributed by atoms with Crippen LogP contribution in [0.1, 0.15) is 48.1 Å². The van der Waals surface area contributed by atoms with Crippen LogP contribution in [-0.4, -0.2) is 46.4 Å². The number of nitrogens with zero attached hydrogens (tertiary/aromatic N) is 2. The van der Waals surface area contributed by atoms with E-state index in [1.54, 1.807) is 11.3 Å². The highest BCUT2D eigenvalue weighted by molar-refractivity contribution is 8.76. The smallest absolute Gasteiger partial charge is 0.275 e. The number of anilines is 1. The minimum atomic E-state index is -0.169. The van der Waals surface area contributed by atoms with E-state index in [1.165, 1.54) is 0 Å². The molecular formula is C26H30ClN3OS3. The van der Waals surface area contributed by atoms with Gasteiger partial charge < -0.3 is 10.2 Å². The third kappa shape index (κ3) is 6.58. The van der Waals surface area contributed by atoms with Gasteiger partial charge in [-0.1, -0.05) is 63.5 Å². The van der Waals surface area contributed by atoms with Crippen LogP contribution in [0.2, 0.25) is 5.02 Å². The van der Waals surface area contributed by atoms with Crippen molar-refractivity contribution in [1.82, 2.24) is 9.88 Å². The average molecular weight is 532 g/mol. The van der Waals surface area contributed by atoms with E-state index < -0.39 is 0 Å². The lowest BCUT2D eigenvalue weighted by Crippen LogP contribution is -2.40. The molecule has 1 amide bonds. The first-order valence-corrected chi connectivity index (χ1v) is 15.2. The zero-order chi connectivity index (χ0) is 24.1. The second-order valence-electron chi connectivity index (χ2n) is 9.14. The third-order valence-electron chi connectivity index (χ3n) is 5.94. The Morgan fingerprint density at radius 2 is 1.88 bits per heavy atom. The standard InChI is InChI=1S/C26H30ClN3OS3/c1-26(2,34-32-3)17-30-14-12-19(13-15-30)25-29-23(16-33-25)24(31)28-22-7-5-4-6-21(22)18-8-10-20(27)11-9-18/h4-11,16,19H,12-15,17H2,1-3H3,(H,28,31). The lowest BCUT2D eigenvalue weighted by Gasteiger charge is -2.36. The molecule has 0 aliphatic carbocycles. The number of carbonyl (C=O) groups excluding carboxylic acids is 1. The van der Waals surface area contributed by atoms with Crippen molar-refractivity contribution in [2.24, 2.45) is 0 Å². The van der Waals surface area contributed by atoms with Gasteiger partial charge in [0.05, 0.1) is 5.01 Å². The van der Waals surface area contributed by atoms with Crippen LogP contribution in [0.3, 0.4) is 0 Å². The number of piperidine rings is 1. The van der Waals surface area contributed by atoms with Gasteiger partial charge in [0.1, 0.15) is 5.69 Å². The molecule has 0 spiro atoms. The molecule has 8 heteroatoms. The summed E-state index contributed by atoms with van der Waals surface area (Å²) in [5, 5.41) is 6.72. The van der Waals surface area contributed by atoms with Crippen LogP contribution < -0.4 is 5.32 Å². The number of likely N-dealkylation sites (tertiary alicyclic amines) is 1. The molecule has 2 heterocycles. The van der Waals surface area contributed by atoms with Crippen LogP contribution in [-0.2, 0) is 0 Å². The zero-order valence-electron chi connectivity index (χ0n) is 19.7. The Morgan fingerprint density at radius 3 is 2.59 bits per heavy atom. The molecule has 1 N–H and O–H groups in total. The first-order chi connectivity index (χ1) is 16.3. The minimum absolute atomic E-state index is 0.169. The van der Waals surface area contributed by atoms with Crippen molar-refractivity contribution in [3.63, 3.8) is 0 Å². The van der Waals surface area contributed by atoms with Gasteiger partial charge in [-0.05, 0) is 69.8 Å². The number of rotatable bonds is 8. The van der Waals surface area contributed by atoms with E-state index in [0.717, 1.165) is 54.3 Å². The Hall–Kier alpha value is -1.51. The van der Waals surface area contributed by atoms with Crippen molar-refractivity contribution < 1.29 is 4.79 Å². The summed E-state index contributed by atoms with van der Waals surface area (Å²) in [6.45, 7) is 7.90. The summed E-state index contributed by atoms with van der Waals surface area (Å²) in [5.41, 5.74) is 3.22. The molecule has 4 nitrogen and oxygen atoms in total. The van der Waals surface area contributed by atoms with E-state index in [0.29, 0.717) is 16.6 Å². The minimum Gasteiger partial charge on any atom is -0.320 e. The zero-order valence-corrected chi connectivity index (χ0v) is 22.9. The normalized spacial score (nSPS) is 15.4. The fourth-order valence-corrected chi connectivity index (χ4v) is 7.66. The van der Waals surface area contributed by atoms with Gasteiger partial charge in [-0.25, -0.2) is 4.98 Å². The Bertz CT molecular complexity index is 1110. The van der Waals surface area contributed by atoms with Crippen molar-refractivity contribution >= 4 is 56.1 Å². The molecule has 0 radical (unpaired) electrons. The molecule has 4 rings (SSSR count). The number of hydrogen-bond acceptors (Lipinski definition) is 6. The molecule has 1 aromatic heterocycles. The molecule has 180 valence electrons. The van der Waals surface area contributed by atoms with E-state index in [4.69, 9.17) is 16.6 Å². The summed E-state index contributed by atoms with van der Waals surface area (Å²) in [6, 6.07) is 15.4. The molecule has 1 aliphatic heterocycles. The SMILES string of the molecule is CSSC(C)(C)CN1CCC(c2nc(C(=O)Nc3ccccc3-c3ccc(Cl)cc3)cs2)CC1. The summed E-state index contributed by atoms with van der Waals surface area (Å²) in [6.07, 6.45) is 4.33. The number of amides is 1.